The van der Waals surface area contributed by atoms with Gasteiger partial charge in [-0.05, 0) is 26.7 Å². The third-order valence-electron chi connectivity index (χ3n) is 5.47. The van der Waals surface area contributed by atoms with Crippen LogP contribution in [0, 0.1) is 0 Å². The number of likely N-dealkylation sites (tertiary alicyclic amines) is 1. The molecule has 1 spiro atoms. The summed E-state index contributed by atoms with van der Waals surface area (Å²) in [5, 5.41) is 7.29. The van der Waals surface area contributed by atoms with Gasteiger partial charge in [0.2, 0.25) is 5.91 Å². The number of halogens is 1. The lowest BCUT2D eigenvalue weighted by Crippen LogP contribution is -2.51. The van der Waals surface area contributed by atoms with E-state index in [0.717, 1.165) is 5.56 Å². The topological polar surface area (TPSA) is 118 Å². The minimum atomic E-state index is -0.717. The zero-order chi connectivity index (χ0) is 20.6. The monoisotopic (exact) mass is 431 g/mol. The van der Waals surface area contributed by atoms with Crippen LogP contribution in [0.2, 0.25) is 0 Å². The number of carbonyl (C=O) groups is 2. The first-order valence-corrected chi connectivity index (χ1v) is 9.79. The van der Waals surface area contributed by atoms with Crippen LogP contribution in [-0.4, -0.2) is 55.9 Å². The molecular formula is C20H26ClN7O2. The van der Waals surface area contributed by atoms with Gasteiger partial charge < -0.3 is 16.0 Å². The second-order valence-electron chi connectivity index (χ2n) is 7.67. The van der Waals surface area contributed by atoms with Crippen molar-refractivity contribution in [3.63, 3.8) is 0 Å². The molecule has 2 amide bonds. The molecule has 10 heteroatoms. The van der Waals surface area contributed by atoms with Gasteiger partial charge in [-0.3, -0.25) is 14.6 Å². The lowest BCUT2D eigenvalue weighted by molar-refractivity contribution is -0.136. The van der Waals surface area contributed by atoms with E-state index in [-0.39, 0.29) is 36.8 Å². The Labute approximate surface area is 181 Å². The first kappa shape index (κ1) is 21.9. The van der Waals surface area contributed by atoms with Crippen LogP contribution in [0.5, 0.6) is 0 Å². The van der Waals surface area contributed by atoms with Crippen molar-refractivity contribution in [2.45, 2.75) is 44.8 Å². The second-order valence-corrected chi connectivity index (χ2v) is 7.67. The van der Waals surface area contributed by atoms with E-state index in [2.05, 4.69) is 20.4 Å². The summed E-state index contributed by atoms with van der Waals surface area (Å²) in [6.45, 7) is 4.64. The summed E-state index contributed by atoms with van der Waals surface area (Å²) in [5.74, 6) is 1.64. The van der Waals surface area contributed by atoms with Crippen LogP contribution < -0.4 is 11.1 Å². The molecule has 0 radical (unpaired) electrons. The zero-order valence-electron chi connectivity index (χ0n) is 17.0. The molecule has 30 heavy (non-hydrogen) atoms. The van der Waals surface area contributed by atoms with Crippen LogP contribution in [0.4, 0.5) is 0 Å². The Morgan fingerprint density at radius 2 is 1.93 bits per heavy atom. The Balaban J connectivity index is 0.00000256. The molecule has 3 N–H and O–H groups in total. The molecule has 0 aliphatic carbocycles. The highest BCUT2D eigenvalue weighted by atomic mass is 35.5. The Bertz CT molecular complexity index is 963. The number of piperidine rings is 1. The van der Waals surface area contributed by atoms with E-state index in [4.69, 9.17) is 5.73 Å². The molecule has 0 bridgehead atoms. The number of aromatic nitrogens is 3. The number of benzene rings is 1. The van der Waals surface area contributed by atoms with E-state index in [1.54, 1.807) is 16.5 Å². The van der Waals surface area contributed by atoms with Crippen molar-refractivity contribution in [3.8, 4) is 11.4 Å². The van der Waals surface area contributed by atoms with Gasteiger partial charge in [0.25, 0.3) is 5.91 Å². The molecule has 2 aliphatic rings. The number of nitrogens with one attached hydrogen (secondary N) is 1. The van der Waals surface area contributed by atoms with Gasteiger partial charge in [-0.1, -0.05) is 30.3 Å². The van der Waals surface area contributed by atoms with Crippen LogP contribution in [0.25, 0.3) is 11.4 Å². The fourth-order valence-corrected chi connectivity index (χ4v) is 3.89. The minimum absolute atomic E-state index is 0. The number of rotatable bonds is 4. The minimum Gasteiger partial charge on any atom is -0.341 e. The average Bonchev–Trinajstić information content (AvgIpc) is 3.24. The van der Waals surface area contributed by atoms with E-state index < -0.39 is 5.54 Å². The third kappa shape index (κ3) is 4.08. The molecule has 3 heterocycles. The number of nitrogens with two attached hydrogens (primary N) is 1. The molecule has 1 aromatic carbocycles. The van der Waals surface area contributed by atoms with Gasteiger partial charge in [0.05, 0.1) is 6.04 Å². The zero-order valence-corrected chi connectivity index (χ0v) is 17.9. The summed E-state index contributed by atoms with van der Waals surface area (Å²) in [6.07, 6.45) is 1.05. The Kier molecular flexibility index (Phi) is 6.23. The molecule has 1 atom stereocenters. The fraction of sp³-hybridized carbons (Fsp3) is 0.450. The molecular weight excluding hydrogens is 406 g/mol. The van der Waals surface area contributed by atoms with Crippen molar-refractivity contribution in [3.05, 3.63) is 36.2 Å². The number of amidine groups is 1. The first-order chi connectivity index (χ1) is 13.9. The lowest BCUT2D eigenvalue weighted by atomic mass is 9.88. The van der Waals surface area contributed by atoms with Crippen LogP contribution in [0.3, 0.4) is 0 Å². The largest absolute Gasteiger partial charge is 0.341 e. The molecule has 1 saturated heterocycles. The predicted molar refractivity (Wildman–Crippen MR) is 115 cm³/mol. The summed E-state index contributed by atoms with van der Waals surface area (Å²) < 4.78 is 1.59. The number of carbonyl (C=O) groups excluding carboxylic acids is 2. The lowest BCUT2D eigenvalue weighted by Gasteiger charge is -2.35. The maximum Gasteiger partial charge on any atom is 0.253 e. The van der Waals surface area contributed by atoms with E-state index in [9.17, 15) is 9.59 Å². The predicted octanol–water partition coefficient (Wildman–Crippen LogP) is 1.30. The molecule has 9 nitrogen and oxygen atoms in total. The van der Waals surface area contributed by atoms with E-state index >= 15 is 0 Å². The highest BCUT2D eigenvalue weighted by molar-refractivity contribution is 6.07. The van der Waals surface area contributed by atoms with Gasteiger partial charge in [-0.2, -0.15) is 5.10 Å². The van der Waals surface area contributed by atoms with Gasteiger partial charge in [0.15, 0.2) is 5.82 Å². The van der Waals surface area contributed by atoms with Gasteiger partial charge in [-0.15, -0.1) is 12.4 Å². The summed E-state index contributed by atoms with van der Waals surface area (Å²) >= 11 is 0. The average molecular weight is 432 g/mol. The molecule has 0 saturated carbocycles. The van der Waals surface area contributed by atoms with Crippen molar-refractivity contribution >= 4 is 30.1 Å². The van der Waals surface area contributed by atoms with E-state index in [0.29, 0.717) is 43.4 Å². The molecule has 160 valence electrons. The number of nitrogens with zero attached hydrogens (tertiary/aromatic N) is 5. The van der Waals surface area contributed by atoms with Crippen LogP contribution in [0.15, 0.2) is 35.3 Å². The molecule has 4 rings (SSSR count). The van der Waals surface area contributed by atoms with E-state index in [1.807, 2.05) is 37.3 Å². The molecule has 1 fully saturated rings. The van der Waals surface area contributed by atoms with Crippen molar-refractivity contribution < 1.29 is 9.59 Å². The number of hydrogen-bond acceptors (Lipinski definition) is 6. The van der Waals surface area contributed by atoms with Crippen LogP contribution >= 0.6 is 12.4 Å². The molecule has 2 aliphatic heterocycles. The Hall–Kier alpha value is -2.78. The standard InChI is InChI=1S/C20H25N7O2.ClH/c1-13(21)18-23-17(15-6-4-3-5-7-15)25-27(18)12-16(28)26-10-8-20(9-11-26)19(29)22-14(2)24-20;/h3-7,13H,8-12,21H2,1-2H3,(H,22,24,29);1H/t13-;/m0./s1. The Morgan fingerprint density at radius 3 is 2.50 bits per heavy atom. The summed E-state index contributed by atoms with van der Waals surface area (Å²) in [4.78, 5) is 35.9. The first-order valence-electron chi connectivity index (χ1n) is 9.79. The SMILES string of the molecule is CC1=NC2(CCN(C(=O)Cn3nc(-c4ccccc4)nc3[C@H](C)N)CC2)C(=O)N1.Cl. The maximum atomic E-state index is 12.9. The normalized spacial score (nSPS) is 18.6. The van der Waals surface area contributed by atoms with Crippen molar-refractivity contribution in [1.82, 2.24) is 25.0 Å². The van der Waals surface area contributed by atoms with Crippen molar-refractivity contribution in [2.75, 3.05) is 13.1 Å². The number of aliphatic imine (C=N–C) groups is 1. The third-order valence-corrected chi connectivity index (χ3v) is 5.47. The van der Waals surface area contributed by atoms with Crippen molar-refractivity contribution in [2.24, 2.45) is 10.7 Å². The van der Waals surface area contributed by atoms with Gasteiger partial charge in [0, 0.05) is 18.7 Å². The second kappa shape index (κ2) is 8.53. The summed E-state index contributed by atoms with van der Waals surface area (Å²) in [5.41, 5.74) is 6.22. The highest BCUT2D eigenvalue weighted by Crippen LogP contribution is 2.30. The van der Waals surface area contributed by atoms with Gasteiger partial charge in [0.1, 0.15) is 23.7 Å². The summed E-state index contributed by atoms with van der Waals surface area (Å²) in [7, 11) is 0. The Morgan fingerprint density at radius 1 is 1.27 bits per heavy atom. The van der Waals surface area contributed by atoms with Crippen LogP contribution in [-0.2, 0) is 16.1 Å². The number of hydrogen-bond donors (Lipinski definition) is 2. The van der Waals surface area contributed by atoms with Crippen molar-refractivity contribution in [1.29, 1.82) is 0 Å². The van der Waals surface area contributed by atoms with Gasteiger partial charge in [-0.25, -0.2) is 9.67 Å². The highest BCUT2D eigenvalue weighted by Gasteiger charge is 2.45. The summed E-state index contributed by atoms with van der Waals surface area (Å²) in [6, 6.07) is 9.25. The van der Waals surface area contributed by atoms with Gasteiger partial charge >= 0.3 is 0 Å². The quantitative estimate of drug-likeness (QED) is 0.756. The molecule has 0 unspecified atom stereocenters. The fourth-order valence-electron chi connectivity index (χ4n) is 3.89. The van der Waals surface area contributed by atoms with E-state index in [1.165, 1.54) is 0 Å². The molecule has 2 aromatic rings. The number of amides is 2. The maximum absolute atomic E-state index is 12.9. The smallest absolute Gasteiger partial charge is 0.253 e. The van der Waals surface area contributed by atoms with Crippen LogP contribution in [0.1, 0.15) is 38.6 Å². The molecule has 1 aromatic heterocycles.